The first-order chi connectivity index (χ1) is 24.7. The van der Waals surface area contributed by atoms with Gasteiger partial charge in [-0.3, -0.25) is 24.4 Å². The molecule has 3 fully saturated rings. The Kier molecular flexibility index (Phi) is 10.1. The van der Waals surface area contributed by atoms with Gasteiger partial charge in [0.05, 0.1) is 10.6 Å². The fraction of sp³-hybridized carbons (Fsp3) is 0.444. The van der Waals surface area contributed by atoms with Crippen molar-refractivity contribution >= 4 is 39.3 Å². The molecule has 5 amide bonds. The predicted octanol–water partition coefficient (Wildman–Crippen LogP) is 5.42. The van der Waals surface area contributed by atoms with Gasteiger partial charge < -0.3 is 15.1 Å². The number of alkyl halides is 3. The summed E-state index contributed by atoms with van der Waals surface area (Å²) in [5.74, 6) is -2.96. The van der Waals surface area contributed by atoms with Crippen LogP contribution >= 0.6 is 0 Å². The minimum atomic E-state index is -5.68. The highest BCUT2D eigenvalue weighted by atomic mass is 32.2. The van der Waals surface area contributed by atoms with Gasteiger partial charge in [-0.1, -0.05) is 13.8 Å². The van der Waals surface area contributed by atoms with Crippen molar-refractivity contribution in [3.63, 3.8) is 0 Å². The molecule has 0 bridgehead atoms. The summed E-state index contributed by atoms with van der Waals surface area (Å²) >= 11 is 0. The van der Waals surface area contributed by atoms with Crippen LogP contribution in [0.4, 0.5) is 23.7 Å². The number of carbonyl (C=O) groups excluding carboxylic acids is 4. The van der Waals surface area contributed by atoms with Crippen LogP contribution in [-0.2, 0) is 14.6 Å². The third-order valence-electron chi connectivity index (χ3n) is 10.4. The molecule has 0 aliphatic carbocycles. The smallest absolute Gasteiger partial charge is 0.337 e. The topological polar surface area (TPSA) is 150 Å². The fourth-order valence-corrected chi connectivity index (χ4v) is 8.14. The number of urea groups is 1. The molecule has 3 aliphatic heterocycles. The summed E-state index contributed by atoms with van der Waals surface area (Å²) in [4.78, 5) is 67.3. The number of benzene rings is 1. The minimum Gasteiger partial charge on any atom is -0.337 e. The average molecular weight is 741 g/mol. The quantitative estimate of drug-likeness (QED) is 0.301. The molecule has 2 atom stereocenters. The zero-order valence-corrected chi connectivity index (χ0v) is 29.5. The summed E-state index contributed by atoms with van der Waals surface area (Å²) in [6.07, 6.45) is 8.45. The lowest BCUT2D eigenvalue weighted by atomic mass is 9.69. The molecule has 3 aromatic rings. The third kappa shape index (κ3) is 6.63. The Morgan fingerprint density at radius 1 is 0.750 bits per heavy atom. The van der Waals surface area contributed by atoms with Gasteiger partial charge in [0.15, 0.2) is 0 Å². The largest absolute Gasteiger partial charge is 0.501 e. The van der Waals surface area contributed by atoms with Crippen LogP contribution in [0.25, 0.3) is 0 Å². The van der Waals surface area contributed by atoms with Crippen molar-refractivity contribution in [3.8, 4) is 0 Å². The van der Waals surface area contributed by atoms with E-state index in [1.807, 2.05) is 0 Å². The number of likely N-dealkylation sites (tertiary alicyclic amines) is 2. The summed E-state index contributed by atoms with van der Waals surface area (Å²) in [5, 5.41) is 2.86. The molecule has 1 N–H and O–H groups in total. The molecular formula is C36H39F3N6O6S. The van der Waals surface area contributed by atoms with E-state index >= 15 is 0 Å². The summed E-state index contributed by atoms with van der Waals surface area (Å²) < 4.78 is 63.8. The first-order valence-corrected chi connectivity index (χ1v) is 18.7. The maximum absolute atomic E-state index is 14.8. The second-order valence-corrected chi connectivity index (χ2v) is 15.4. The first kappa shape index (κ1) is 36.9. The Bertz CT molecular complexity index is 1900. The summed E-state index contributed by atoms with van der Waals surface area (Å²) in [6, 6.07) is 8.87. The second kappa shape index (κ2) is 14.3. The molecule has 0 saturated carbocycles. The number of nitrogens with zero attached hydrogens (tertiary/aromatic N) is 5. The number of hydrogen-bond donors (Lipinski definition) is 1. The van der Waals surface area contributed by atoms with Gasteiger partial charge in [-0.2, -0.15) is 13.2 Å². The molecule has 6 rings (SSSR count). The van der Waals surface area contributed by atoms with Gasteiger partial charge in [0.25, 0.3) is 27.6 Å². The van der Waals surface area contributed by atoms with E-state index in [4.69, 9.17) is 0 Å². The van der Waals surface area contributed by atoms with Crippen LogP contribution in [0.3, 0.4) is 0 Å². The van der Waals surface area contributed by atoms with E-state index in [9.17, 15) is 40.8 Å². The number of anilines is 1. The standard InChI is InChI=1S/C36H39F3N6O6S/c1-23(25-13-15-40-29(21-25)31(46)43-17-5-3-6-18-43)35(24(2)26-14-16-41-30(22-26)32(47)44-19-7-4-8-20-44)33(48)45(34(49)42-35)27-9-11-28(12-10-27)52(50,51)36(37,38)39/h9-16,21-24H,3-8,17-20H2,1-2H3,(H,42,49). The van der Waals surface area contributed by atoms with E-state index in [1.165, 1.54) is 12.4 Å². The number of amides is 5. The zero-order valence-electron chi connectivity index (χ0n) is 28.7. The van der Waals surface area contributed by atoms with Crippen molar-refractivity contribution in [1.29, 1.82) is 0 Å². The predicted molar refractivity (Wildman–Crippen MR) is 183 cm³/mol. The lowest BCUT2D eigenvalue weighted by molar-refractivity contribution is -0.123. The van der Waals surface area contributed by atoms with Crippen LogP contribution in [0.5, 0.6) is 0 Å². The fourth-order valence-electron chi connectivity index (χ4n) is 7.38. The van der Waals surface area contributed by atoms with Crippen molar-refractivity contribution in [2.45, 2.75) is 80.2 Å². The van der Waals surface area contributed by atoms with Crippen LogP contribution in [-0.4, -0.2) is 89.2 Å². The van der Waals surface area contributed by atoms with Crippen molar-refractivity contribution in [2.24, 2.45) is 0 Å². The number of hydrogen-bond acceptors (Lipinski definition) is 8. The van der Waals surface area contributed by atoms with Crippen LogP contribution in [0.1, 0.15) is 96.3 Å². The number of pyridine rings is 2. The van der Waals surface area contributed by atoms with Gasteiger partial charge in [-0.15, -0.1) is 0 Å². The number of rotatable bonds is 8. The number of piperidine rings is 2. The van der Waals surface area contributed by atoms with E-state index in [0.717, 1.165) is 55.6 Å². The van der Waals surface area contributed by atoms with Gasteiger partial charge in [0, 0.05) is 50.4 Å². The number of imide groups is 1. The monoisotopic (exact) mass is 740 g/mol. The van der Waals surface area contributed by atoms with Crippen LogP contribution in [0.15, 0.2) is 65.8 Å². The van der Waals surface area contributed by atoms with Gasteiger partial charge in [-0.25, -0.2) is 18.1 Å². The normalized spacial score (nSPS) is 21.1. The number of halogens is 3. The number of sulfone groups is 1. The number of aromatic nitrogens is 2. The molecule has 0 spiro atoms. The molecule has 1 aromatic carbocycles. The van der Waals surface area contributed by atoms with Crippen LogP contribution in [0, 0.1) is 0 Å². The molecule has 276 valence electrons. The molecule has 52 heavy (non-hydrogen) atoms. The highest BCUT2D eigenvalue weighted by Gasteiger charge is 2.59. The maximum atomic E-state index is 14.8. The summed E-state index contributed by atoms with van der Waals surface area (Å²) in [6.45, 7) is 5.79. The molecule has 3 saturated heterocycles. The maximum Gasteiger partial charge on any atom is 0.501 e. The Morgan fingerprint density at radius 3 is 1.62 bits per heavy atom. The van der Waals surface area contributed by atoms with Gasteiger partial charge >= 0.3 is 11.5 Å². The van der Waals surface area contributed by atoms with E-state index in [1.54, 1.807) is 47.9 Å². The molecule has 2 unspecified atom stereocenters. The van der Waals surface area contributed by atoms with Gasteiger partial charge in [0.1, 0.15) is 16.9 Å². The Morgan fingerprint density at radius 2 is 1.19 bits per heavy atom. The molecule has 16 heteroatoms. The highest BCUT2D eigenvalue weighted by Crippen LogP contribution is 2.45. The van der Waals surface area contributed by atoms with E-state index in [-0.39, 0.29) is 28.9 Å². The van der Waals surface area contributed by atoms with E-state index < -0.39 is 49.6 Å². The number of nitrogens with one attached hydrogen (secondary N) is 1. The van der Waals surface area contributed by atoms with Crippen molar-refractivity contribution in [2.75, 3.05) is 31.1 Å². The zero-order chi connectivity index (χ0) is 37.4. The minimum absolute atomic E-state index is 0.156. The lowest BCUT2D eigenvalue weighted by Gasteiger charge is -2.39. The average Bonchev–Trinajstić information content (AvgIpc) is 3.43. The Hall–Kier alpha value is -4.86. The van der Waals surface area contributed by atoms with Gasteiger partial charge in [0.2, 0.25) is 0 Å². The van der Waals surface area contributed by atoms with Crippen LogP contribution < -0.4 is 10.2 Å². The van der Waals surface area contributed by atoms with Gasteiger partial charge in [-0.05, 0) is 98.2 Å². The molecule has 0 radical (unpaired) electrons. The Labute approximate surface area is 299 Å². The lowest BCUT2D eigenvalue weighted by Crippen LogP contribution is -2.55. The second-order valence-electron chi connectivity index (χ2n) is 13.5. The molecule has 3 aliphatic rings. The molecule has 5 heterocycles. The van der Waals surface area contributed by atoms with Crippen molar-refractivity contribution in [3.05, 3.63) is 83.4 Å². The molecule has 12 nitrogen and oxygen atoms in total. The molecular weight excluding hydrogens is 701 g/mol. The summed E-state index contributed by atoms with van der Waals surface area (Å²) in [5.41, 5.74) is -6.13. The Balaban J connectivity index is 1.41. The molecule has 2 aromatic heterocycles. The van der Waals surface area contributed by atoms with E-state index in [0.29, 0.717) is 49.4 Å². The van der Waals surface area contributed by atoms with Crippen LogP contribution in [0.2, 0.25) is 0 Å². The van der Waals surface area contributed by atoms with Crippen molar-refractivity contribution in [1.82, 2.24) is 25.1 Å². The summed E-state index contributed by atoms with van der Waals surface area (Å²) in [7, 11) is -5.68. The highest BCUT2D eigenvalue weighted by molar-refractivity contribution is 7.92. The van der Waals surface area contributed by atoms with E-state index in [2.05, 4.69) is 15.3 Å². The number of carbonyl (C=O) groups is 4. The van der Waals surface area contributed by atoms with Crippen molar-refractivity contribution < 1.29 is 40.8 Å². The first-order valence-electron chi connectivity index (χ1n) is 17.3. The third-order valence-corrected chi connectivity index (χ3v) is 11.9. The SMILES string of the molecule is CC(c1ccnc(C(=O)N2CCCCC2)c1)C1(C(C)c2ccnc(C(=O)N3CCCCC3)c2)NC(=O)N(c2ccc(S(=O)(=O)C(F)(F)F)cc2)C1=O.